The van der Waals surface area contributed by atoms with Crippen LogP contribution in [0.2, 0.25) is 0 Å². The summed E-state index contributed by atoms with van der Waals surface area (Å²) in [6.45, 7) is 6.36. The first kappa shape index (κ1) is 24.3. The maximum absolute atomic E-state index is 14.6. The molecule has 2 saturated heterocycles. The van der Waals surface area contributed by atoms with Gasteiger partial charge in [0.25, 0.3) is 0 Å². The number of morpholine rings is 1. The molecule has 2 amide bonds. The average molecular weight is 489 g/mol. The molecule has 2 aliphatic carbocycles. The Morgan fingerprint density at radius 1 is 1.11 bits per heavy atom. The molecule has 1 aromatic rings. The van der Waals surface area contributed by atoms with E-state index in [9.17, 15) is 14.0 Å². The number of carbonyl (C=O) groups excluding carboxylic acids is 2. The van der Waals surface area contributed by atoms with E-state index in [-0.39, 0.29) is 24.0 Å². The Labute approximate surface area is 206 Å². The van der Waals surface area contributed by atoms with E-state index in [0.717, 1.165) is 45.2 Å². The van der Waals surface area contributed by atoms with Gasteiger partial charge in [-0.1, -0.05) is 6.07 Å². The number of nitrogens with zero attached hydrogens (tertiary/aromatic N) is 2. The zero-order valence-electron chi connectivity index (χ0n) is 20.7. The molecular formula is C27H37FN2O5. The molecule has 35 heavy (non-hydrogen) atoms. The number of hydrogen-bond acceptors (Lipinski definition) is 5. The van der Waals surface area contributed by atoms with Crippen molar-refractivity contribution in [2.24, 2.45) is 17.8 Å². The van der Waals surface area contributed by atoms with Gasteiger partial charge in [0.2, 0.25) is 5.91 Å². The molecule has 1 aromatic carbocycles. The van der Waals surface area contributed by atoms with Gasteiger partial charge in [0, 0.05) is 32.2 Å². The molecule has 2 saturated carbocycles. The molecule has 2 atom stereocenters. The Morgan fingerprint density at radius 2 is 1.86 bits per heavy atom. The van der Waals surface area contributed by atoms with Crippen molar-refractivity contribution >= 4 is 12.0 Å². The van der Waals surface area contributed by atoms with E-state index < -0.39 is 5.82 Å². The number of benzene rings is 1. The topological polar surface area (TPSA) is 68.3 Å². The van der Waals surface area contributed by atoms with Crippen molar-refractivity contribution in [2.45, 2.75) is 57.5 Å². The van der Waals surface area contributed by atoms with Gasteiger partial charge in [-0.15, -0.1) is 0 Å². The van der Waals surface area contributed by atoms with Crippen molar-refractivity contribution in [1.29, 1.82) is 0 Å². The molecule has 4 fully saturated rings. The van der Waals surface area contributed by atoms with Gasteiger partial charge in [0.05, 0.1) is 26.2 Å². The fourth-order valence-corrected chi connectivity index (χ4v) is 5.42. The first-order valence-corrected chi connectivity index (χ1v) is 13.1. The molecule has 0 bridgehead atoms. The summed E-state index contributed by atoms with van der Waals surface area (Å²) in [5.74, 6) is 2.08. The highest BCUT2D eigenvalue weighted by Gasteiger charge is 2.45. The quantitative estimate of drug-likeness (QED) is 0.553. The van der Waals surface area contributed by atoms with Gasteiger partial charge >= 0.3 is 6.09 Å². The van der Waals surface area contributed by atoms with E-state index in [1.54, 1.807) is 17.0 Å². The highest BCUT2D eigenvalue weighted by Crippen LogP contribution is 2.50. The number of hydrogen-bond donors (Lipinski definition) is 0. The third kappa shape index (κ3) is 6.26. The van der Waals surface area contributed by atoms with Crippen LogP contribution in [0.4, 0.5) is 9.18 Å². The second kappa shape index (κ2) is 10.3. The molecule has 2 heterocycles. The van der Waals surface area contributed by atoms with Crippen molar-refractivity contribution in [1.82, 2.24) is 9.80 Å². The first-order valence-electron chi connectivity index (χ1n) is 13.1. The van der Waals surface area contributed by atoms with E-state index in [0.29, 0.717) is 62.0 Å². The number of rotatable bonds is 8. The van der Waals surface area contributed by atoms with Crippen LogP contribution in [-0.2, 0) is 20.7 Å². The van der Waals surface area contributed by atoms with Gasteiger partial charge in [0.1, 0.15) is 17.2 Å². The molecule has 4 aliphatic rings. The van der Waals surface area contributed by atoms with Crippen molar-refractivity contribution in [3.05, 3.63) is 29.6 Å². The number of amides is 2. The van der Waals surface area contributed by atoms with Gasteiger partial charge < -0.3 is 24.0 Å². The largest absolute Gasteiger partial charge is 0.493 e. The van der Waals surface area contributed by atoms with Crippen LogP contribution in [0.3, 0.4) is 0 Å². The second-order valence-electron chi connectivity index (χ2n) is 10.9. The van der Waals surface area contributed by atoms with Gasteiger partial charge in [-0.05, 0) is 74.8 Å². The minimum absolute atomic E-state index is 0.0612. The predicted octanol–water partition coefficient (Wildman–Crippen LogP) is 4.03. The fraction of sp³-hybridized carbons (Fsp3) is 0.704. The molecule has 2 unspecified atom stereocenters. The van der Waals surface area contributed by atoms with E-state index in [2.05, 4.69) is 0 Å². The molecule has 192 valence electrons. The van der Waals surface area contributed by atoms with Gasteiger partial charge in [-0.25, -0.2) is 9.18 Å². The molecule has 0 radical (unpaired) electrons. The summed E-state index contributed by atoms with van der Waals surface area (Å²) in [7, 11) is 0. The standard InChI is InChI=1S/C27H37FN2O5/c1-27(7-8-27)35-26(32)30-9-4-19(5-10-30)23-16-20(23)6-13-34-22-3-2-21(24(28)18-22)17-25(31)29-11-14-33-15-12-29/h2-3,18-20,23H,4-17H2,1H3. The van der Waals surface area contributed by atoms with Crippen molar-refractivity contribution in [3.8, 4) is 5.75 Å². The lowest BCUT2D eigenvalue weighted by atomic mass is 9.91. The minimum Gasteiger partial charge on any atom is -0.493 e. The molecule has 0 N–H and O–H groups in total. The highest BCUT2D eigenvalue weighted by atomic mass is 19.1. The summed E-state index contributed by atoms with van der Waals surface area (Å²) in [5.41, 5.74) is 0.191. The normalized spacial score (nSPS) is 25.8. The number of carbonyl (C=O) groups is 2. The Morgan fingerprint density at radius 3 is 2.54 bits per heavy atom. The summed E-state index contributed by atoms with van der Waals surface area (Å²) in [5, 5.41) is 0. The Kier molecular flexibility index (Phi) is 7.19. The highest BCUT2D eigenvalue weighted by molar-refractivity contribution is 5.79. The molecule has 0 aromatic heterocycles. The summed E-state index contributed by atoms with van der Waals surface area (Å²) >= 11 is 0. The van der Waals surface area contributed by atoms with Crippen molar-refractivity contribution in [3.63, 3.8) is 0 Å². The maximum atomic E-state index is 14.6. The van der Waals surface area contributed by atoms with Crippen LogP contribution in [0.25, 0.3) is 0 Å². The third-order valence-electron chi connectivity index (χ3n) is 8.16. The molecule has 2 aliphatic heterocycles. The number of piperidine rings is 1. The smallest absolute Gasteiger partial charge is 0.410 e. The number of halogens is 1. The SMILES string of the molecule is CC1(OC(=O)N2CCC(C3CC3CCOc3ccc(CC(=O)N4CCOCC4)c(F)c3)CC2)CC1. The van der Waals surface area contributed by atoms with Gasteiger partial charge in [-0.2, -0.15) is 0 Å². The molecular weight excluding hydrogens is 451 g/mol. The lowest BCUT2D eigenvalue weighted by Gasteiger charge is -2.32. The van der Waals surface area contributed by atoms with Crippen molar-refractivity contribution < 1.29 is 28.2 Å². The van der Waals surface area contributed by atoms with Crippen LogP contribution >= 0.6 is 0 Å². The van der Waals surface area contributed by atoms with Crippen LogP contribution in [-0.4, -0.2) is 73.4 Å². The average Bonchev–Trinajstić information content (AvgIpc) is 3.79. The summed E-state index contributed by atoms with van der Waals surface area (Å²) in [6.07, 6.45) is 6.14. The monoisotopic (exact) mass is 488 g/mol. The first-order chi connectivity index (χ1) is 16.9. The van der Waals surface area contributed by atoms with Crippen molar-refractivity contribution in [2.75, 3.05) is 46.0 Å². The molecule has 0 spiro atoms. The van der Waals surface area contributed by atoms with E-state index >= 15 is 0 Å². The second-order valence-corrected chi connectivity index (χ2v) is 10.9. The summed E-state index contributed by atoms with van der Waals surface area (Å²) < 4.78 is 31.2. The molecule has 5 rings (SSSR count). The summed E-state index contributed by atoms with van der Waals surface area (Å²) in [4.78, 5) is 28.3. The van der Waals surface area contributed by atoms with Crippen LogP contribution in [0.5, 0.6) is 5.75 Å². The van der Waals surface area contributed by atoms with E-state index in [1.165, 1.54) is 12.5 Å². The van der Waals surface area contributed by atoms with E-state index in [4.69, 9.17) is 14.2 Å². The third-order valence-corrected chi connectivity index (χ3v) is 8.16. The van der Waals surface area contributed by atoms with Crippen LogP contribution in [0.1, 0.15) is 51.0 Å². The predicted molar refractivity (Wildman–Crippen MR) is 128 cm³/mol. The van der Waals surface area contributed by atoms with Crippen LogP contribution in [0.15, 0.2) is 18.2 Å². The minimum atomic E-state index is -0.394. The molecule has 8 heteroatoms. The summed E-state index contributed by atoms with van der Waals surface area (Å²) in [6, 6.07) is 4.81. The van der Waals surface area contributed by atoms with Crippen LogP contribution in [0, 0.1) is 23.6 Å². The Hall–Kier alpha value is -2.35. The van der Waals surface area contributed by atoms with Gasteiger partial charge in [-0.3, -0.25) is 4.79 Å². The van der Waals surface area contributed by atoms with Crippen LogP contribution < -0.4 is 4.74 Å². The Bertz CT molecular complexity index is 922. The lowest BCUT2D eigenvalue weighted by Crippen LogP contribution is -2.41. The lowest BCUT2D eigenvalue weighted by molar-refractivity contribution is -0.134. The fourth-order valence-electron chi connectivity index (χ4n) is 5.42. The molecule has 7 nitrogen and oxygen atoms in total. The Balaban J connectivity index is 0.998. The van der Waals surface area contributed by atoms with Gasteiger partial charge in [0.15, 0.2) is 0 Å². The zero-order chi connectivity index (χ0) is 24.4. The number of likely N-dealkylation sites (tertiary alicyclic amines) is 1. The van der Waals surface area contributed by atoms with E-state index in [1.807, 2.05) is 11.8 Å². The maximum Gasteiger partial charge on any atom is 0.410 e. The number of ether oxygens (including phenoxy) is 3. The zero-order valence-corrected chi connectivity index (χ0v) is 20.7.